The summed E-state index contributed by atoms with van der Waals surface area (Å²) in [7, 11) is 0. The van der Waals surface area contributed by atoms with Crippen molar-refractivity contribution < 1.29 is 8.83 Å². The molecule has 0 saturated heterocycles. The van der Waals surface area contributed by atoms with E-state index in [1.54, 1.807) is 0 Å². The number of rotatable bonds is 2. The molecule has 2 heterocycles. The van der Waals surface area contributed by atoms with Crippen molar-refractivity contribution in [2.75, 3.05) is 0 Å². The van der Waals surface area contributed by atoms with Gasteiger partial charge in [-0.05, 0) is 91.4 Å². The fraction of sp³-hybridized carbons (Fsp3) is 0.0233. The van der Waals surface area contributed by atoms with Gasteiger partial charge >= 0.3 is 0 Å². The number of hydrogen-bond donors (Lipinski definition) is 0. The van der Waals surface area contributed by atoms with Gasteiger partial charge in [-0.1, -0.05) is 115 Å². The van der Waals surface area contributed by atoms with E-state index in [1.165, 1.54) is 49.0 Å². The largest absolute Gasteiger partial charge is 0.456 e. The van der Waals surface area contributed by atoms with E-state index in [-0.39, 0.29) is 0 Å². The Balaban J connectivity index is 1.27. The number of hydrogen-bond acceptors (Lipinski definition) is 2. The molecule has 1 aliphatic rings. The number of furan rings is 2. The van der Waals surface area contributed by atoms with E-state index >= 15 is 0 Å². The average Bonchev–Trinajstić information content (AvgIpc) is 3.59. The van der Waals surface area contributed by atoms with Gasteiger partial charge in [-0.2, -0.15) is 0 Å². The van der Waals surface area contributed by atoms with Crippen LogP contribution in [-0.4, -0.2) is 0 Å². The predicted octanol–water partition coefficient (Wildman–Crippen LogP) is 9.64. The maximum Gasteiger partial charge on any atom is 0.136 e. The molecule has 2 nitrogen and oxygen atoms in total. The van der Waals surface area contributed by atoms with Crippen molar-refractivity contribution in [3.63, 3.8) is 0 Å². The Kier molecular flexibility index (Phi) is 5.09. The van der Waals surface area contributed by atoms with Crippen molar-refractivity contribution in [3.05, 3.63) is 178 Å². The maximum absolute atomic E-state index is 6.60. The van der Waals surface area contributed by atoms with Gasteiger partial charge in [0, 0.05) is 21.5 Å². The van der Waals surface area contributed by atoms with Crippen LogP contribution in [0.5, 0.6) is 0 Å². The molecular formula is C43H26O2. The molecule has 0 unspecified atom stereocenters. The van der Waals surface area contributed by atoms with Crippen LogP contribution >= 0.6 is 0 Å². The van der Waals surface area contributed by atoms with Crippen molar-refractivity contribution in [1.29, 1.82) is 0 Å². The number of benzene rings is 7. The van der Waals surface area contributed by atoms with E-state index in [0.717, 1.165) is 55.9 Å². The highest BCUT2D eigenvalue weighted by atomic mass is 16.3. The van der Waals surface area contributed by atoms with E-state index in [0.29, 0.717) is 0 Å². The van der Waals surface area contributed by atoms with Gasteiger partial charge in [0.25, 0.3) is 0 Å². The molecule has 9 aromatic rings. The van der Waals surface area contributed by atoms with E-state index in [1.807, 2.05) is 12.1 Å². The average molecular weight is 575 g/mol. The second-order valence-corrected chi connectivity index (χ2v) is 12.0. The minimum Gasteiger partial charge on any atom is -0.456 e. The highest BCUT2D eigenvalue weighted by molar-refractivity contribution is 6.15. The van der Waals surface area contributed by atoms with Crippen molar-refractivity contribution >= 4 is 65.8 Å². The third kappa shape index (κ3) is 3.63. The minimum atomic E-state index is 0.852. The van der Waals surface area contributed by atoms with E-state index < -0.39 is 0 Å². The first kappa shape index (κ1) is 24.6. The maximum atomic E-state index is 6.60. The van der Waals surface area contributed by atoms with Crippen molar-refractivity contribution in [1.82, 2.24) is 0 Å². The van der Waals surface area contributed by atoms with Gasteiger partial charge in [0.15, 0.2) is 0 Å². The zero-order valence-electron chi connectivity index (χ0n) is 24.4. The summed E-state index contributed by atoms with van der Waals surface area (Å²) in [5.41, 5.74) is 11.1. The first-order chi connectivity index (χ1) is 22.3. The van der Waals surface area contributed by atoms with Crippen molar-refractivity contribution in [2.45, 2.75) is 6.42 Å². The Morgan fingerprint density at radius 3 is 1.91 bits per heavy atom. The van der Waals surface area contributed by atoms with Crippen LogP contribution in [0.2, 0.25) is 0 Å². The molecule has 0 spiro atoms. The smallest absolute Gasteiger partial charge is 0.136 e. The molecule has 0 radical (unpaired) electrons. The standard InChI is InChI=1S/C43H26O2/c1-3-13-29-26(10-1)12-9-18-31(29)36-22-27-11-2-4-14-30(27)43(35-17-6-5-15-32(35)36)28-20-21-34-38-25-41-37(24-42(38)45-40(34)23-28)33-16-7-8-19-39(33)44-41/h1-21,23-25H,22H2. The summed E-state index contributed by atoms with van der Waals surface area (Å²) < 4.78 is 12.8. The molecule has 210 valence electrons. The molecule has 0 atom stereocenters. The topological polar surface area (TPSA) is 26.3 Å². The summed E-state index contributed by atoms with van der Waals surface area (Å²) >= 11 is 0. The Labute approximate surface area is 258 Å². The molecule has 0 aliphatic heterocycles. The normalized spacial score (nSPS) is 13.2. The molecule has 0 N–H and O–H groups in total. The third-order valence-electron chi connectivity index (χ3n) is 9.55. The second-order valence-electron chi connectivity index (χ2n) is 12.0. The van der Waals surface area contributed by atoms with Crippen LogP contribution in [0.4, 0.5) is 0 Å². The van der Waals surface area contributed by atoms with E-state index in [4.69, 9.17) is 8.83 Å². The van der Waals surface area contributed by atoms with E-state index in [9.17, 15) is 0 Å². The van der Waals surface area contributed by atoms with Crippen LogP contribution in [0.15, 0.2) is 154 Å². The SMILES string of the molecule is c1ccc2c(c1)CC(c1cccc3ccccc13)=c1ccccc1=C2c1ccc2c(c1)oc1cc3c(cc12)oc1ccccc13. The molecule has 0 bridgehead atoms. The Morgan fingerprint density at radius 2 is 1.02 bits per heavy atom. The molecule has 1 aliphatic carbocycles. The molecule has 2 heteroatoms. The lowest BCUT2D eigenvalue weighted by Crippen LogP contribution is -2.29. The summed E-state index contributed by atoms with van der Waals surface area (Å²) in [5, 5.41) is 9.41. The molecule has 45 heavy (non-hydrogen) atoms. The lowest BCUT2D eigenvalue weighted by molar-refractivity contribution is 0.664. The minimum absolute atomic E-state index is 0.852. The molecule has 10 rings (SSSR count). The van der Waals surface area contributed by atoms with Gasteiger partial charge < -0.3 is 8.83 Å². The van der Waals surface area contributed by atoms with Crippen LogP contribution < -0.4 is 10.4 Å². The molecule has 2 aromatic heterocycles. The molecule has 0 fully saturated rings. The predicted molar refractivity (Wildman–Crippen MR) is 185 cm³/mol. The van der Waals surface area contributed by atoms with Crippen LogP contribution in [0.25, 0.3) is 65.8 Å². The zero-order chi connectivity index (χ0) is 29.5. The summed E-state index contributed by atoms with van der Waals surface area (Å²) in [6, 6.07) is 52.3. The quantitative estimate of drug-likeness (QED) is 0.205. The van der Waals surface area contributed by atoms with Crippen LogP contribution in [0.1, 0.15) is 22.3 Å². The molecule has 0 saturated carbocycles. The molecular weight excluding hydrogens is 548 g/mol. The van der Waals surface area contributed by atoms with Gasteiger partial charge in [0.05, 0.1) is 0 Å². The monoisotopic (exact) mass is 574 g/mol. The van der Waals surface area contributed by atoms with Gasteiger partial charge in [-0.15, -0.1) is 0 Å². The van der Waals surface area contributed by atoms with Crippen LogP contribution in [-0.2, 0) is 6.42 Å². The van der Waals surface area contributed by atoms with Crippen molar-refractivity contribution in [3.8, 4) is 0 Å². The summed E-state index contributed by atoms with van der Waals surface area (Å²) in [5.74, 6) is 0. The number of para-hydroxylation sites is 1. The van der Waals surface area contributed by atoms with Gasteiger partial charge in [-0.3, -0.25) is 0 Å². The van der Waals surface area contributed by atoms with Crippen LogP contribution in [0, 0.1) is 0 Å². The second kappa shape index (κ2) is 9.32. The van der Waals surface area contributed by atoms with Crippen LogP contribution in [0.3, 0.4) is 0 Å². The fourth-order valence-corrected chi connectivity index (χ4v) is 7.50. The highest BCUT2D eigenvalue weighted by Gasteiger charge is 2.21. The van der Waals surface area contributed by atoms with Gasteiger partial charge in [0.1, 0.15) is 22.3 Å². The third-order valence-corrected chi connectivity index (χ3v) is 9.55. The molecule has 0 amide bonds. The Morgan fingerprint density at radius 1 is 0.400 bits per heavy atom. The molecule has 7 aromatic carbocycles. The lowest BCUT2D eigenvalue weighted by Gasteiger charge is -2.14. The highest BCUT2D eigenvalue weighted by Crippen LogP contribution is 2.38. The van der Waals surface area contributed by atoms with Gasteiger partial charge in [0.2, 0.25) is 0 Å². The van der Waals surface area contributed by atoms with Gasteiger partial charge in [-0.25, -0.2) is 0 Å². The fourth-order valence-electron chi connectivity index (χ4n) is 7.50. The van der Waals surface area contributed by atoms with Crippen molar-refractivity contribution in [2.24, 2.45) is 0 Å². The zero-order valence-corrected chi connectivity index (χ0v) is 24.4. The summed E-state index contributed by atoms with van der Waals surface area (Å²) in [4.78, 5) is 0. The summed E-state index contributed by atoms with van der Waals surface area (Å²) in [6.07, 6.45) is 0.852. The number of fused-ring (bicyclic) bond motifs is 9. The first-order valence-electron chi connectivity index (χ1n) is 15.5. The van der Waals surface area contributed by atoms with E-state index in [2.05, 4.69) is 133 Å². The Bertz CT molecular complexity index is 2790. The summed E-state index contributed by atoms with van der Waals surface area (Å²) in [6.45, 7) is 0. The Hall–Kier alpha value is -5.86. The first-order valence-corrected chi connectivity index (χ1v) is 15.5. The lowest BCUT2D eigenvalue weighted by atomic mass is 9.90.